The number of carbonyl (C=O) groups is 1. The number of rotatable bonds is 7. The molecule has 2 aromatic carbocycles. The van der Waals surface area contributed by atoms with Gasteiger partial charge in [0.15, 0.2) is 0 Å². The van der Waals surface area contributed by atoms with Crippen molar-refractivity contribution in [2.45, 2.75) is 51.6 Å². The van der Waals surface area contributed by atoms with Crippen molar-refractivity contribution in [3.8, 4) is 0 Å². The molecule has 2 aromatic rings. The molecule has 0 saturated heterocycles. The minimum Gasteiger partial charge on any atom is -0.376 e. The fourth-order valence-electron chi connectivity index (χ4n) is 3.85. The van der Waals surface area contributed by atoms with Crippen molar-refractivity contribution < 1.29 is 4.79 Å². The number of benzene rings is 2. The molecular formula is C23H30ClN3O. The Morgan fingerprint density at radius 2 is 1.86 bits per heavy atom. The van der Waals surface area contributed by atoms with E-state index < -0.39 is 0 Å². The van der Waals surface area contributed by atoms with Crippen LogP contribution in [0.2, 0.25) is 5.02 Å². The van der Waals surface area contributed by atoms with Crippen LogP contribution >= 0.6 is 11.6 Å². The van der Waals surface area contributed by atoms with E-state index in [4.69, 9.17) is 11.6 Å². The smallest absolute Gasteiger partial charge is 0.243 e. The van der Waals surface area contributed by atoms with Gasteiger partial charge >= 0.3 is 0 Å². The summed E-state index contributed by atoms with van der Waals surface area (Å²) in [6.45, 7) is 3.06. The topological polar surface area (TPSA) is 44.4 Å². The summed E-state index contributed by atoms with van der Waals surface area (Å²) in [5, 5.41) is 6.86. The fraction of sp³-hybridized carbons (Fsp3) is 0.435. The lowest BCUT2D eigenvalue weighted by Crippen LogP contribution is -2.33. The molecule has 1 amide bonds. The number of nitrogens with zero attached hydrogens (tertiary/aromatic N) is 1. The Balaban J connectivity index is 1.58. The summed E-state index contributed by atoms with van der Waals surface area (Å²) in [4.78, 5) is 14.9. The van der Waals surface area contributed by atoms with Crippen molar-refractivity contribution in [1.29, 1.82) is 0 Å². The number of carbonyl (C=O) groups excluding carboxylic acids is 1. The molecular weight excluding hydrogens is 370 g/mol. The summed E-state index contributed by atoms with van der Waals surface area (Å²) in [6.07, 6.45) is 6.60. The maximum atomic E-state index is 12.4. The van der Waals surface area contributed by atoms with Crippen LogP contribution in [0, 0.1) is 6.92 Å². The van der Waals surface area contributed by atoms with Crippen LogP contribution in [0.25, 0.3) is 0 Å². The number of hydrogen-bond acceptors (Lipinski definition) is 3. The van der Waals surface area contributed by atoms with E-state index in [-0.39, 0.29) is 12.5 Å². The molecule has 150 valence electrons. The first kappa shape index (κ1) is 20.7. The molecule has 0 radical (unpaired) electrons. The van der Waals surface area contributed by atoms with Crippen LogP contribution in [-0.4, -0.2) is 30.4 Å². The molecule has 2 N–H and O–H groups in total. The van der Waals surface area contributed by atoms with E-state index in [0.717, 1.165) is 23.5 Å². The van der Waals surface area contributed by atoms with Gasteiger partial charge in [-0.1, -0.05) is 55.1 Å². The van der Waals surface area contributed by atoms with Gasteiger partial charge in [0, 0.05) is 29.0 Å². The molecule has 0 atom stereocenters. The Kier molecular flexibility index (Phi) is 7.35. The molecule has 5 heteroatoms. The van der Waals surface area contributed by atoms with Crippen molar-refractivity contribution in [2.24, 2.45) is 0 Å². The molecule has 4 nitrogen and oxygen atoms in total. The van der Waals surface area contributed by atoms with Crippen LogP contribution in [0.3, 0.4) is 0 Å². The van der Waals surface area contributed by atoms with Gasteiger partial charge in [-0.25, -0.2) is 0 Å². The average Bonchev–Trinajstić information content (AvgIpc) is 2.71. The fourth-order valence-corrected chi connectivity index (χ4v) is 4.02. The number of nitrogens with one attached hydrogen (secondary N) is 2. The highest BCUT2D eigenvalue weighted by Crippen LogP contribution is 2.25. The quantitative estimate of drug-likeness (QED) is 0.649. The lowest BCUT2D eigenvalue weighted by atomic mass is 9.94. The Hall–Kier alpha value is -2.04. The minimum absolute atomic E-state index is 0.0826. The second-order valence-electron chi connectivity index (χ2n) is 7.73. The van der Waals surface area contributed by atoms with Crippen LogP contribution in [-0.2, 0) is 11.3 Å². The lowest BCUT2D eigenvalue weighted by molar-refractivity contribution is -0.114. The van der Waals surface area contributed by atoms with E-state index in [2.05, 4.69) is 34.7 Å². The van der Waals surface area contributed by atoms with Gasteiger partial charge in [-0.2, -0.15) is 0 Å². The number of anilines is 2. The van der Waals surface area contributed by atoms with Crippen molar-refractivity contribution in [2.75, 3.05) is 24.2 Å². The van der Waals surface area contributed by atoms with E-state index in [0.29, 0.717) is 11.1 Å². The normalized spacial score (nSPS) is 14.9. The van der Waals surface area contributed by atoms with Crippen molar-refractivity contribution >= 4 is 28.9 Å². The third-order valence-corrected chi connectivity index (χ3v) is 5.78. The monoisotopic (exact) mass is 399 g/mol. The van der Waals surface area contributed by atoms with Gasteiger partial charge < -0.3 is 10.6 Å². The number of aryl methyl sites for hydroxylation is 1. The Labute approximate surface area is 173 Å². The second kappa shape index (κ2) is 9.94. The number of para-hydroxylation sites is 1. The first-order valence-corrected chi connectivity index (χ1v) is 10.5. The highest BCUT2D eigenvalue weighted by atomic mass is 35.5. The zero-order valence-corrected chi connectivity index (χ0v) is 17.6. The summed E-state index contributed by atoms with van der Waals surface area (Å²) >= 11 is 6.03. The SMILES string of the molecule is Cc1ccc(Cl)cc1NC(=O)CNc1ccccc1CN(C)C1CCCCC1. The summed E-state index contributed by atoms with van der Waals surface area (Å²) in [6, 6.07) is 14.4. The number of hydrogen-bond donors (Lipinski definition) is 2. The van der Waals surface area contributed by atoms with Crippen LogP contribution in [0.1, 0.15) is 43.2 Å². The summed E-state index contributed by atoms with van der Waals surface area (Å²) in [5.41, 5.74) is 3.99. The molecule has 1 aliphatic carbocycles. The van der Waals surface area contributed by atoms with Crippen molar-refractivity contribution in [3.63, 3.8) is 0 Å². The standard InChI is InChI=1S/C23H30ClN3O/c1-17-12-13-19(24)14-22(17)26-23(28)15-25-21-11-7-6-8-18(21)16-27(2)20-9-4-3-5-10-20/h6-8,11-14,20,25H,3-5,9-10,15-16H2,1-2H3,(H,26,28). The summed E-state index contributed by atoms with van der Waals surface area (Å²) < 4.78 is 0. The van der Waals surface area contributed by atoms with Gasteiger partial charge in [0.1, 0.15) is 0 Å². The molecule has 0 bridgehead atoms. The van der Waals surface area contributed by atoms with E-state index in [1.165, 1.54) is 37.7 Å². The first-order valence-electron chi connectivity index (χ1n) is 10.1. The first-order chi connectivity index (χ1) is 13.5. The van der Waals surface area contributed by atoms with Gasteiger partial charge in [0.2, 0.25) is 5.91 Å². The Bertz CT molecular complexity index is 802. The Morgan fingerprint density at radius 1 is 1.11 bits per heavy atom. The molecule has 0 heterocycles. The van der Waals surface area contributed by atoms with E-state index >= 15 is 0 Å². The summed E-state index contributed by atoms with van der Waals surface area (Å²) in [5.74, 6) is -0.0826. The average molecular weight is 400 g/mol. The summed E-state index contributed by atoms with van der Waals surface area (Å²) in [7, 11) is 2.21. The lowest BCUT2D eigenvalue weighted by Gasteiger charge is -2.31. The molecule has 1 aliphatic rings. The Morgan fingerprint density at radius 3 is 2.64 bits per heavy atom. The predicted octanol–water partition coefficient (Wildman–Crippen LogP) is 5.46. The number of halogens is 1. The van der Waals surface area contributed by atoms with E-state index in [9.17, 15) is 4.79 Å². The molecule has 0 aromatic heterocycles. The van der Waals surface area contributed by atoms with Gasteiger partial charge in [-0.05, 0) is 56.1 Å². The molecule has 0 unspecified atom stereocenters. The second-order valence-corrected chi connectivity index (χ2v) is 8.16. The van der Waals surface area contributed by atoms with Crippen molar-refractivity contribution in [3.05, 3.63) is 58.6 Å². The third-order valence-electron chi connectivity index (χ3n) is 5.55. The molecule has 1 fully saturated rings. The van der Waals surface area contributed by atoms with Crippen LogP contribution in [0.5, 0.6) is 0 Å². The molecule has 28 heavy (non-hydrogen) atoms. The predicted molar refractivity (Wildman–Crippen MR) is 118 cm³/mol. The molecule has 0 spiro atoms. The van der Waals surface area contributed by atoms with E-state index in [1.807, 2.05) is 31.2 Å². The van der Waals surface area contributed by atoms with Crippen LogP contribution in [0.15, 0.2) is 42.5 Å². The molecule has 3 rings (SSSR count). The van der Waals surface area contributed by atoms with Crippen LogP contribution in [0.4, 0.5) is 11.4 Å². The van der Waals surface area contributed by atoms with Gasteiger partial charge in [-0.15, -0.1) is 0 Å². The van der Waals surface area contributed by atoms with E-state index in [1.54, 1.807) is 6.07 Å². The zero-order valence-electron chi connectivity index (χ0n) is 16.8. The zero-order chi connectivity index (χ0) is 19.9. The highest BCUT2D eigenvalue weighted by molar-refractivity contribution is 6.31. The molecule has 0 aliphatic heterocycles. The van der Waals surface area contributed by atoms with Crippen LogP contribution < -0.4 is 10.6 Å². The van der Waals surface area contributed by atoms with Gasteiger partial charge in [-0.3, -0.25) is 9.69 Å². The maximum Gasteiger partial charge on any atom is 0.243 e. The highest BCUT2D eigenvalue weighted by Gasteiger charge is 2.18. The number of amides is 1. The van der Waals surface area contributed by atoms with Gasteiger partial charge in [0.25, 0.3) is 0 Å². The maximum absolute atomic E-state index is 12.4. The molecule has 1 saturated carbocycles. The van der Waals surface area contributed by atoms with Gasteiger partial charge in [0.05, 0.1) is 6.54 Å². The minimum atomic E-state index is -0.0826. The van der Waals surface area contributed by atoms with Crippen molar-refractivity contribution in [1.82, 2.24) is 4.90 Å². The third kappa shape index (κ3) is 5.73. The largest absolute Gasteiger partial charge is 0.376 e.